The molecule has 0 unspecified atom stereocenters. The van der Waals surface area contributed by atoms with Gasteiger partial charge in [-0.05, 0) is 43.1 Å². The molecule has 4 heteroatoms. The lowest BCUT2D eigenvalue weighted by atomic mass is 9.53. The Morgan fingerprint density at radius 1 is 1.06 bits per heavy atom. The van der Waals surface area contributed by atoms with E-state index >= 15 is 0 Å². The first-order valence-corrected chi connectivity index (χ1v) is 6.29. The van der Waals surface area contributed by atoms with Crippen LogP contribution in [0.25, 0.3) is 0 Å². The zero-order valence-electron chi connectivity index (χ0n) is 9.66. The molecule has 92 valence electrons. The standard InChI is InChI=1S/C12H21NO3/c1-13-3-8-7-2-6(5-14)10(9(8)4-13)12(16)11(7)15/h6-12,14-16H,2-5H2,1H3/t6-,7-,8-,9-,10-,11+,12+/m1/s1. The highest BCUT2D eigenvalue weighted by Gasteiger charge is 2.58. The highest BCUT2D eigenvalue weighted by molar-refractivity contribution is 5.08. The second-order valence-electron chi connectivity index (χ2n) is 5.95. The van der Waals surface area contributed by atoms with Gasteiger partial charge in [0.05, 0.1) is 12.2 Å². The molecular formula is C12H21NO3. The monoisotopic (exact) mass is 227 g/mol. The van der Waals surface area contributed by atoms with Gasteiger partial charge in [-0.15, -0.1) is 0 Å². The third-order valence-corrected chi connectivity index (χ3v) is 5.18. The summed E-state index contributed by atoms with van der Waals surface area (Å²) in [5.41, 5.74) is 0. The molecule has 1 aliphatic heterocycles. The van der Waals surface area contributed by atoms with Gasteiger partial charge in [-0.3, -0.25) is 0 Å². The van der Waals surface area contributed by atoms with Crippen molar-refractivity contribution in [3.63, 3.8) is 0 Å². The van der Waals surface area contributed by atoms with Crippen LogP contribution >= 0.6 is 0 Å². The molecule has 1 saturated heterocycles. The van der Waals surface area contributed by atoms with Crippen molar-refractivity contribution < 1.29 is 15.3 Å². The van der Waals surface area contributed by atoms with Crippen molar-refractivity contribution in [2.75, 3.05) is 26.7 Å². The number of rotatable bonds is 1. The van der Waals surface area contributed by atoms with Gasteiger partial charge in [0.15, 0.2) is 0 Å². The van der Waals surface area contributed by atoms with E-state index in [1.165, 1.54) is 0 Å². The van der Waals surface area contributed by atoms with Gasteiger partial charge in [0.1, 0.15) is 0 Å². The van der Waals surface area contributed by atoms with E-state index in [2.05, 4.69) is 11.9 Å². The van der Waals surface area contributed by atoms with Gasteiger partial charge < -0.3 is 20.2 Å². The fourth-order valence-electron chi connectivity index (χ4n) is 4.56. The number of hydrogen-bond donors (Lipinski definition) is 3. The van der Waals surface area contributed by atoms with Gasteiger partial charge >= 0.3 is 0 Å². The molecule has 3 saturated carbocycles. The number of fused-ring (bicyclic) bond motifs is 2. The highest BCUT2D eigenvalue weighted by Crippen LogP contribution is 2.54. The number of aliphatic hydroxyl groups is 3. The summed E-state index contributed by atoms with van der Waals surface area (Å²) in [4.78, 5) is 2.29. The average molecular weight is 227 g/mol. The van der Waals surface area contributed by atoms with Crippen LogP contribution in [0.1, 0.15) is 6.42 Å². The Labute approximate surface area is 95.9 Å². The summed E-state index contributed by atoms with van der Waals surface area (Å²) < 4.78 is 0. The Kier molecular flexibility index (Phi) is 2.51. The minimum Gasteiger partial charge on any atom is -0.396 e. The zero-order valence-corrected chi connectivity index (χ0v) is 9.66. The van der Waals surface area contributed by atoms with E-state index in [0.29, 0.717) is 11.8 Å². The minimum atomic E-state index is -0.622. The third kappa shape index (κ3) is 1.30. The van der Waals surface area contributed by atoms with Crippen molar-refractivity contribution >= 4 is 0 Å². The lowest BCUT2D eigenvalue weighted by Gasteiger charge is -2.54. The van der Waals surface area contributed by atoms with Crippen molar-refractivity contribution in [2.24, 2.45) is 29.6 Å². The summed E-state index contributed by atoms with van der Waals surface area (Å²) in [6.45, 7) is 2.19. The van der Waals surface area contributed by atoms with Gasteiger partial charge in [0, 0.05) is 19.7 Å². The zero-order chi connectivity index (χ0) is 11.4. The lowest BCUT2D eigenvalue weighted by Crippen LogP contribution is -2.60. The average Bonchev–Trinajstić information content (AvgIpc) is 2.65. The van der Waals surface area contributed by atoms with Crippen LogP contribution in [-0.4, -0.2) is 59.2 Å². The Hall–Kier alpha value is -0.160. The molecule has 4 nitrogen and oxygen atoms in total. The molecule has 4 rings (SSSR count). The number of hydrogen-bond acceptors (Lipinski definition) is 4. The molecule has 0 spiro atoms. The predicted octanol–water partition coefficient (Wildman–Crippen LogP) is -0.856. The molecule has 16 heavy (non-hydrogen) atoms. The Balaban J connectivity index is 1.92. The SMILES string of the molecule is CN1C[C@H]2[C@@H](C1)[C@H]1[C@@H](CO)C[C@H]2[C@H](O)[C@H]1O. The molecule has 7 atom stereocenters. The van der Waals surface area contributed by atoms with E-state index in [-0.39, 0.29) is 24.4 Å². The molecule has 4 fully saturated rings. The van der Waals surface area contributed by atoms with E-state index < -0.39 is 12.2 Å². The maximum Gasteiger partial charge on any atom is 0.0836 e. The van der Waals surface area contributed by atoms with Crippen molar-refractivity contribution in [2.45, 2.75) is 18.6 Å². The predicted molar refractivity (Wildman–Crippen MR) is 58.7 cm³/mol. The van der Waals surface area contributed by atoms with Crippen molar-refractivity contribution in [3.8, 4) is 0 Å². The lowest BCUT2D eigenvalue weighted by molar-refractivity contribution is -0.179. The molecule has 0 aromatic rings. The highest BCUT2D eigenvalue weighted by atomic mass is 16.3. The number of likely N-dealkylation sites (tertiary alicyclic amines) is 1. The van der Waals surface area contributed by atoms with Crippen LogP contribution in [-0.2, 0) is 0 Å². The van der Waals surface area contributed by atoms with Crippen LogP contribution in [0.3, 0.4) is 0 Å². The summed E-state index contributed by atoms with van der Waals surface area (Å²) in [6, 6.07) is 0. The molecule has 2 bridgehead atoms. The van der Waals surface area contributed by atoms with Crippen LogP contribution < -0.4 is 0 Å². The van der Waals surface area contributed by atoms with Crippen LogP contribution in [0.2, 0.25) is 0 Å². The van der Waals surface area contributed by atoms with E-state index in [9.17, 15) is 15.3 Å². The molecule has 0 aromatic carbocycles. The second-order valence-corrected chi connectivity index (χ2v) is 5.95. The van der Waals surface area contributed by atoms with Crippen molar-refractivity contribution in [1.82, 2.24) is 4.90 Å². The maximum absolute atomic E-state index is 10.1. The molecule has 0 amide bonds. The molecular weight excluding hydrogens is 206 g/mol. The Morgan fingerprint density at radius 3 is 2.44 bits per heavy atom. The molecule has 3 aliphatic carbocycles. The molecule has 0 radical (unpaired) electrons. The number of nitrogens with zero attached hydrogens (tertiary/aromatic N) is 1. The van der Waals surface area contributed by atoms with Crippen molar-refractivity contribution in [1.29, 1.82) is 0 Å². The fraction of sp³-hybridized carbons (Fsp3) is 1.00. The van der Waals surface area contributed by atoms with Crippen molar-refractivity contribution in [3.05, 3.63) is 0 Å². The van der Waals surface area contributed by atoms with Gasteiger partial charge in [0.2, 0.25) is 0 Å². The minimum absolute atomic E-state index is 0.0972. The molecule has 0 aromatic heterocycles. The number of aliphatic hydroxyl groups excluding tert-OH is 3. The second kappa shape index (κ2) is 3.67. The summed E-state index contributed by atoms with van der Waals surface area (Å²) in [5.74, 6) is 1.47. The molecule has 3 N–H and O–H groups in total. The summed E-state index contributed by atoms with van der Waals surface area (Å²) >= 11 is 0. The first-order chi connectivity index (χ1) is 7.63. The van der Waals surface area contributed by atoms with Crippen LogP contribution in [0, 0.1) is 29.6 Å². The van der Waals surface area contributed by atoms with Crippen LogP contribution in [0.4, 0.5) is 0 Å². The smallest absolute Gasteiger partial charge is 0.0836 e. The normalized spacial score (nSPS) is 56.6. The van der Waals surface area contributed by atoms with Gasteiger partial charge in [-0.2, -0.15) is 0 Å². The first-order valence-electron chi connectivity index (χ1n) is 6.29. The summed E-state index contributed by atoms with van der Waals surface area (Å²) in [5, 5.41) is 29.6. The van der Waals surface area contributed by atoms with E-state index in [4.69, 9.17) is 0 Å². The fourth-order valence-corrected chi connectivity index (χ4v) is 4.56. The third-order valence-electron chi connectivity index (χ3n) is 5.18. The van der Waals surface area contributed by atoms with Gasteiger partial charge in [-0.1, -0.05) is 0 Å². The van der Waals surface area contributed by atoms with E-state index in [1.54, 1.807) is 0 Å². The van der Waals surface area contributed by atoms with Crippen LogP contribution in [0.5, 0.6) is 0 Å². The Bertz CT molecular complexity index is 281. The Morgan fingerprint density at radius 2 is 1.75 bits per heavy atom. The van der Waals surface area contributed by atoms with Gasteiger partial charge in [-0.25, -0.2) is 0 Å². The summed E-state index contributed by atoms with van der Waals surface area (Å²) in [6.07, 6.45) is -0.307. The maximum atomic E-state index is 10.1. The quantitative estimate of drug-likeness (QED) is 0.546. The van der Waals surface area contributed by atoms with E-state index in [0.717, 1.165) is 19.5 Å². The molecule has 4 aliphatic rings. The van der Waals surface area contributed by atoms with Gasteiger partial charge in [0.25, 0.3) is 0 Å². The first kappa shape index (κ1) is 11.0. The van der Waals surface area contributed by atoms with E-state index in [1.807, 2.05) is 0 Å². The largest absolute Gasteiger partial charge is 0.396 e. The van der Waals surface area contributed by atoms with Crippen LogP contribution in [0.15, 0.2) is 0 Å². The molecule has 1 heterocycles. The topological polar surface area (TPSA) is 63.9 Å². The summed E-state index contributed by atoms with van der Waals surface area (Å²) in [7, 11) is 2.10.